The first-order valence-electron chi connectivity index (χ1n) is 9.29. The van der Waals surface area contributed by atoms with Gasteiger partial charge in [0, 0.05) is 19.3 Å². The molecule has 1 saturated carbocycles. The predicted molar refractivity (Wildman–Crippen MR) is 99.1 cm³/mol. The Kier molecular flexibility index (Phi) is 5.97. The van der Waals surface area contributed by atoms with Gasteiger partial charge >= 0.3 is 0 Å². The number of aliphatic hydroxyl groups is 1. The van der Waals surface area contributed by atoms with Crippen LogP contribution in [0.4, 0.5) is 0 Å². The lowest BCUT2D eigenvalue weighted by Crippen LogP contribution is -2.29. The van der Waals surface area contributed by atoms with E-state index in [0.717, 1.165) is 17.4 Å². The number of amides is 1. The normalized spacial score (nSPS) is 15.9. The van der Waals surface area contributed by atoms with Crippen molar-refractivity contribution < 1.29 is 14.6 Å². The van der Waals surface area contributed by atoms with Crippen LogP contribution in [0.2, 0.25) is 0 Å². The van der Waals surface area contributed by atoms with E-state index in [-0.39, 0.29) is 12.5 Å². The Morgan fingerprint density at radius 3 is 2.72 bits per heavy atom. The second-order valence-corrected chi connectivity index (χ2v) is 6.88. The van der Waals surface area contributed by atoms with Gasteiger partial charge in [-0.25, -0.2) is 0 Å². The molecule has 136 valence electrons. The van der Waals surface area contributed by atoms with Crippen molar-refractivity contribution in [2.45, 2.75) is 45.1 Å². The quantitative estimate of drug-likeness (QED) is 0.790. The lowest BCUT2D eigenvalue weighted by Gasteiger charge is -2.14. The predicted octanol–water partition coefficient (Wildman–Crippen LogP) is 3.34. The van der Waals surface area contributed by atoms with Crippen molar-refractivity contribution in [3.63, 3.8) is 0 Å². The molecule has 1 amide bonds. The van der Waals surface area contributed by atoms with E-state index in [4.69, 9.17) is 4.74 Å². The molecular weight excluding hydrogens is 316 g/mol. The van der Waals surface area contributed by atoms with E-state index in [9.17, 15) is 9.90 Å². The molecule has 2 N–H and O–H groups in total. The van der Waals surface area contributed by atoms with E-state index in [1.807, 2.05) is 29.0 Å². The molecule has 0 atom stereocenters. The summed E-state index contributed by atoms with van der Waals surface area (Å²) in [5.74, 6) is 1.21. The number of carbonyl (C=O) groups excluding carboxylic acids is 1. The zero-order valence-corrected chi connectivity index (χ0v) is 15.0. The lowest BCUT2D eigenvalue weighted by atomic mass is 10.0. The number of ether oxygens (including phenoxy) is 1. The highest BCUT2D eigenvalue weighted by atomic mass is 16.5. The van der Waals surface area contributed by atoms with Crippen LogP contribution in [-0.2, 0) is 6.54 Å². The first-order chi connectivity index (χ1) is 12.2. The first kappa shape index (κ1) is 17.8. The van der Waals surface area contributed by atoms with Crippen LogP contribution in [-0.4, -0.2) is 35.8 Å². The smallest absolute Gasteiger partial charge is 0.253 e. The number of fused-ring (bicyclic) bond motifs is 1. The summed E-state index contributed by atoms with van der Waals surface area (Å²) in [5.41, 5.74) is 1.53. The van der Waals surface area contributed by atoms with E-state index in [0.29, 0.717) is 23.8 Å². The number of aliphatic hydroxyl groups excluding tert-OH is 1. The van der Waals surface area contributed by atoms with Gasteiger partial charge in [0.1, 0.15) is 5.75 Å². The fourth-order valence-electron chi connectivity index (χ4n) is 3.85. The lowest BCUT2D eigenvalue weighted by molar-refractivity contribution is 0.0947. The fraction of sp³-hybridized carbons (Fsp3) is 0.550. The number of aromatic nitrogens is 1. The summed E-state index contributed by atoms with van der Waals surface area (Å²) < 4.78 is 7.38. The molecule has 25 heavy (non-hydrogen) atoms. The Bertz CT molecular complexity index is 715. The van der Waals surface area contributed by atoms with E-state index >= 15 is 0 Å². The van der Waals surface area contributed by atoms with Crippen molar-refractivity contribution in [2.24, 2.45) is 5.92 Å². The minimum absolute atomic E-state index is 0.0319. The number of rotatable bonds is 6. The second-order valence-electron chi connectivity index (χ2n) is 6.88. The number of hydrogen-bond donors (Lipinski definition) is 2. The van der Waals surface area contributed by atoms with E-state index in [1.165, 1.54) is 38.5 Å². The molecule has 1 aliphatic carbocycles. The van der Waals surface area contributed by atoms with Gasteiger partial charge in [-0.1, -0.05) is 31.7 Å². The van der Waals surface area contributed by atoms with E-state index < -0.39 is 0 Å². The van der Waals surface area contributed by atoms with Crippen molar-refractivity contribution in [2.75, 3.05) is 20.3 Å². The summed E-state index contributed by atoms with van der Waals surface area (Å²) in [4.78, 5) is 12.8. The molecule has 3 rings (SSSR count). The molecule has 1 heterocycles. The van der Waals surface area contributed by atoms with Crippen LogP contribution in [0.25, 0.3) is 10.9 Å². The molecule has 0 unspecified atom stereocenters. The molecule has 1 aromatic heterocycles. The minimum atomic E-state index is -0.0598. The topological polar surface area (TPSA) is 63.5 Å². The molecule has 0 bridgehead atoms. The van der Waals surface area contributed by atoms with Crippen molar-refractivity contribution >= 4 is 16.8 Å². The molecule has 5 nitrogen and oxygen atoms in total. The second kappa shape index (κ2) is 8.39. The third-order valence-electron chi connectivity index (χ3n) is 5.20. The van der Waals surface area contributed by atoms with Crippen LogP contribution in [0, 0.1) is 5.92 Å². The van der Waals surface area contributed by atoms with Crippen LogP contribution in [0.1, 0.15) is 48.9 Å². The van der Waals surface area contributed by atoms with Crippen molar-refractivity contribution in [1.82, 2.24) is 9.88 Å². The van der Waals surface area contributed by atoms with Gasteiger partial charge in [0.25, 0.3) is 5.91 Å². The summed E-state index contributed by atoms with van der Waals surface area (Å²) in [6.45, 7) is 1.23. The number of methoxy groups -OCH3 is 1. The molecular formula is C20H28N2O3. The summed E-state index contributed by atoms with van der Waals surface area (Å²) in [6.07, 6.45) is 9.40. The Hall–Kier alpha value is -2.01. The molecule has 0 aliphatic heterocycles. The molecule has 2 aromatic rings. The monoisotopic (exact) mass is 344 g/mol. The number of carbonyl (C=O) groups is 1. The van der Waals surface area contributed by atoms with Gasteiger partial charge in [0.15, 0.2) is 0 Å². The zero-order chi connectivity index (χ0) is 17.6. The minimum Gasteiger partial charge on any atom is -0.496 e. The molecule has 5 heteroatoms. The number of nitrogens with zero attached hydrogens (tertiary/aromatic N) is 1. The number of hydrogen-bond acceptors (Lipinski definition) is 3. The van der Waals surface area contributed by atoms with Crippen LogP contribution in [0.3, 0.4) is 0 Å². The highest BCUT2D eigenvalue weighted by molar-refractivity contribution is 6.09. The first-order valence-corrected chi connectivity index (χ1v) is 9.29. The van der Waals surface area contributed by atoms with Crippen molar-refractivity contribution in [3.8, 4) is 5.75 Å². The van der Waals surface area contributed by atoms with Crippen LogP contribution < -0.4 is 10.1 Å². The van der Waals surface area contributed by atoms with Crippen molar-refractivity contribution in [3.05, 3.63) is 30.0 Å². The molecule has 0 saturated heterocycles. The maximum atomic E-state index is 12.8. The van der Waals surface area contributed by atoms with Gasteiger partial charge in [-0.2, -0.15) is 0 Å². The summed E-state index contributed by atoms with van der Waals surface area (Å²) >= 11 is 0. The highest BCUT2D eigenvalue weighted by Gasteiger charge is 2.20. The standard InChI is InChI=1S/C20H28N2O3/c1-25-18-10-6-9-17-19(18)16(14-22(17)11-12-23)20(24)21-13-15-7-4-2-3-5-8-15/h6,9-10,14-15,23H,2-5,7-8,11-13H2,1H3,(H,21,24). The van der Waals surface area contributed by atoms with Crippen molar-refractivity contribution in [1.29, 1.82) is 0 Å². The molecule has 1 aliphatic rings. The number of benzene rings is 1. The van der Waals surface area contributed by atoms with Gasteiger partial charge in [-0.3, -0.25) is 4.79 Å². The zero-order valence-electron chi connectivity index (χ0n) is 15.0. The summed E-state index contributed by atoms with van der Waals surface area (Å²) in [7, 11) is 1.62. The maximum absolute atomic E-state index is 12.8. The third kappa shape index (κ3) is 3.98. The number of nitrogens with one attached hydrogen (secondary N) is 1. The average Bonchev–Trinajstić information content (AvgIpc) is 2.82. The van der Waals surface area contributed by atoms with Gasteiger partial charge in [-0.05, 0) is 30.9 Å². The van der Waals surface area contributed by atoms with Gasteiger partial charge in [-0.15, -0.1) is 0 Å². The SMILES string of the molecule is COc1cccc2c1c(C(=O)NCC1CCCCCC1)cn2CCO. The Morgan fingerprint density at radius 1 is 1.28 bits per heavy atom. The fourth-order valence-corrected chi connectivity index (χ4v) is 3.85. The van der Waals surface area contributed by atoms with Gasteiger partial charge < -0.3 is 19.7 Å². The van der Waals surface area contributed by atoms with E-state index in [1.54, 1.807) is 7.11 Å². The van der Waals surface area contributed by atoms with Crippen LogP contribution >= 0.6 is 0 Å². The largest absolute Gasteiger partial charge is 0.496 e. The maximum Gasteiger partial charge on any atom is 0.253 e. The Balaban J connectivity index is 1.82. The van der Waals surface area contributed by atoms with Crippen LogP contribution in [0.15, 0.2) is 24.4 Å². The summed E-state index contributed by atoms with van der Waals surface area (Å²) in [5, 5.41) is 13.2. The molecule has 0 spiro atoms. The van der Waals surface area contributed by atoms with Gasteiger partial charge in [0.05, 0.1) is 30.2 Å². The molecule has 1 fully saturated rings. The van der Waals surface area contributed by atoms with E-state index in [2.05, 4.69) is 5.32 Å². The van der Waals surface area contributed by atoms with Crippen LogP contribution in [0.5, 0.6) is 5.75 Å². The van der Waals surface area contributed by atoms with Gasteiger partial charge in [0.2, 0.25) is 0 Å². The molecule has 1 aromatic carbocycles. The third-order valence-corrected chi connectivity index (χ3v) is 5.20. The highest BCUT2D eigenvalue weighted by Crippen LogP contribution is 2.31. The Labute approximate surface area is 149 Å². The molecule has 0 radical (unpaired) electrons. The summed E-state index contributed by atoms with van der Waals surface area (Å²) in [6, 6.07) is 5.73. The average molecular weight is 344 g/mol. The Morgan fingerprint density at radius 2 is 2.04 bits per heavy atom.